The number of rotatable bonds is 3. The van der Waals surface area contributed by atoms with E-state index in [9.17, 15) is 4.79 Å². The van der Waals surface area contributed by atoms with Crippen LogP contribution in [0.5, 0.6) is 5.75 Å². The first-order valence-corrected chi connectivity index (χ1v) is 12.9. The minimum Gasteiger partial charge on any atom is -0.497 e. The topological polar surface area (TPSA) is 59.4 Å². The highest BCUT2D eigenvalue weighted by molar-refractivity contribution is 7.07. The molecule has 176 valence electrons. The fraction of sp³-hybridized carbons (Fsp3) is 0.133. The van der Waals surface area contributed by atoms with E-state index in [-0.39, 0.29) is 11.6 Å². The molecule has 0 fully saturated rings. The van der Waals surface area contributed by atoms with Crippen LogP contribution in [0, 0.1) is 0 Å². The van der Waals surface area contributed by atoms with Gasteiger partial charge in [-0.2, -0.15) is 0 Å². The van der Waals surface area contributed by atoms with Gasteiger partial charge in [-0.1, -0.05) is 65.9 Å². The minimum atomic E-state index is -0.218. The Hall–Kier alpha value is -4.16. The van der Waals surface area contributed by atoms with E-state index < -0.39 is 0 Å². The standard InChI is InChI=1S/C30H23N3O2S/c1-35-21-9-6-8-19(15-21)28-24-14-13-18-7-2-3-11-23(18)27(24)32-30-33(28)29(34)26(36-30)16-20-17-31-25-12-5-4-10-22(20)25/h2-12,15-17,28,31H,13-14H2,1H3/t28-/m0/s1. The molecule has 0 amide bonds. The Morgan fingerprint density at radius 1 is 1.06 bits per heavy atom. The fourth-order valence-corrected chi connectivity index (χ4v) is 6.48. The van der Waals surface area contributed by atoms with E-state index in [0.29, 0.717) is 4.53 Å². The van der Waals surface area contributed by atoms with Gasteiger partial charge in [0.05, 0.1) is 23.4 Å². The highest BCUT2D eigenvalue weighted by atomic mass is 32.1. The van der Waals surface area contributed by atoms with Gasteiger partial charge in [0, 0.05) is 28.2 Å². The third-order valence-electron chi connectivity index (χ3n) is 7.19. The molecular weight excluding hydrogens is 466 g/mol. The zero-order valence-electron chi connectivity index (χ0n) is 19.7. The Kier molecular flexibility index (Phi) is 4.82. The van der Waals surface area contributed by atoms with Crippen molar-refractivity contribution in [3.05, 3.63) is 127 Å². The van der Waals surface area contributed by atoms with Gasteiger partial charge in [-0.25, -0.2) is 4.99 Å². The maximum atomic E-state index is 14.0. The zero-order valence-corrected chi connectivity index (χ0v) is 20.5. The molecule has 3 heterocycles. The van der Waals surface area contributed by atoms with Crippen molar-refractivity contribution in [3.63, 3.8) is 0 Å². The van der Waals surface area contributed by atoms with Crippen LogP contribution in [0.3, 0.4) is 0 Å². The summed E-state index contributed by atoms with van der Waals surface area (Å²) in [5, 5.41) is 1.10. The maximum absolute atomic E-state index is 14.0. The van der Waals surface area contributed by atoms with Crippen LogP contribution in [-0.2, 0) is 6.42 Å². The Bertz CT molecular complexity index is 1870. The van der Waals surface area contributed by atoms with Gasteiger partial charge in [-0.05, 0) is 53.8 Å². The van der Waals surface area contributed by atoms with Gasteiger partial charge in [0.2, 0.25) is 0 Å². The smallest absolute Gasteiger partial charge is 0.271 e. The number of methoxy groups -OCH3 is 1. The summed E-state index contributed by atoms with van der Waals surface area (Å²) in [7, 11) is 1.67. The number of para-hydroxylation sites is 1. The third kappa shape index (κ3) is 3.22. The minimum absolute atomic E-state index is 0.0118. The Morgan fingerprint density at radius 2 is 1.92 bits per heavy atom. The van der Waals surface area contributed by atoms with Crippen molar-refractivity contribution in [2.75, 3.05) is 7.11 Å². The number of nitrogens with one attached hydrogen (secondary N) is 1. The number of allylic oxidation sites excluding steroid dienone is 1. The van der Waals surface area contributed by atoms with Gasteiger partial charge in [-0.15, -0.1) is 0 Å². The van der Waals surface area contributed by atoms with Crippen LogP contribution in [0.1, 0.15) is 34.7 Å². The number of thiazole rings is 1. The lowest BCUT2D eigenvalue weighted by Crippen LogP contribution is -2.38. The maximum Gasteiger partial charge on any atom is 0.271 e. The molecule has 0 bridgehead atoms. The van der Waals surface area contributed by atoms with Crippen molar-refractivity contribution in [2.24, 2.45) is 4.99 Å². The molecule has 1 aliphatic carbocycles. The summed E-state index contributed by atoms with van der Waals surface area (Å²) in [6.07, 6.45) is 5.75. The molecular formula is C30H23N3O2S. The third-order valence-corrected chi connectivity index (χ3v) is 8.17. The molecule has 3 aromatic carbocycles. The molecule has 0 saturated carbocycles. The molecule has 1 atom stereocenters. The van der Waals surface area contributed by atoms with E-state index in [2.05, 4.69) is 41.4 Å². The van der Waals surface area contributed by atoms with Crippen LogP contribution >= 0.6 is 11.3 Å². The molecule has 0 saturated heterocycles. The second-order valence-corrected chi connectivity index (χ2v) is 10.2. The first-order chi connectivity index (χ1) is 17.7. The van der Waals surface area contributed by atoms with Crippen LogP contribution in [0.2, 0.25) is 0 Å². The van der Waals surface area contributed by atoms with Crippen molar-refractivity contribution in [1.29, 1.82) is 0 Å². The van der Waals surface area contributed by atoms with E-state index in [1.807, 2.05) is 53.2 Å². The second-order valence-electron chi connectivity index (χ2n) is 9.18. The molecule has 36 heavy (non-hydrogen) atoms. The molecule has 2 aromatic heterocycles. The lowest BCUT2D eigenvalue weighted by molar-refractivity contribution is 0.413. The van der Waals surface area contributed by atoms with Gasteiger partial charge in [0.25, 0.3) is 5.56 Å². The number of nitrogens with zero attached hydrogens (tertiary/aromatic N) is 2. The molecule has 5 nitrogen and oxygen atoms in total. The molecule has 7 rings (SSSR count). The fourth-order valence-electron chi connectivity index (χ4n) is 5.49. The number of aromatic nitrogens is 2. The molecule has 2 aliphatic rings. The molecule has 5 aromatic rings. The largest absolute Gasteiger partial charge is 0.497 e. The van der Waals surface area contributed by atoms with Gasteiger partial charge >= 0.3 is 0 Å². The van der Waals surface area contributed by atoms with E-state index in [4.69, 9.17) is 9.73 Å². The van der Waals surface area contributed by atoms with Crippen molar-refractivity contribution < 1.29 is 4.74 Å². The predicted octanol–water partition coefficient (Wildman–Crippen LogP) is 4.81. The van der Waals surface area contributed by atoms with Crippen molar-refractivity contribution >= 4 is 34.0 Å². The summed E-state index contributed by atoms with van der Waals surface area (Å²) in [5.74, 6) is 0.781. The van der Waals surface area contributed by atoms with Crippen LogP contribution in [0.4, 0.5) is 0 Å². The van der Waals surface area contributed by atoms with Gasteiger partial charge < -0.3 is 9.72 Å². The number of hydrogen-bond acceptors (Lipinski definition) is 4. The number of benzene rings is 3. The molecule has 0 spiro atoms. The monoisotopic (exact) mass is 489 g/mol. The van der Waals surface area contributed by atoms with Gasteiger partial charge in [0.15, 0.2) is 4.80 Å². The first kappa shape index (κ1) is 21.1. The van der Waals surface area contributed by atoms with Crippen LogP contribution < -0.4 is 19.6 Å². The average Bonchev–Trinajstić information content (AvgIpc) is 3.48. The summed E-state index contributed by atoms with van der Waals surface area (Å²) in [6.45, 7) is 0. The van der Waals surface area contributed by atoms with E-state index in [0.717, 1.165) is 51.1 Å². The lowest BCUT2D eigenvalue weighted by Gasteiger charge is -2.31. The normalized spacial score (nSPS) is 16.9. The van der Waals surface area contributed by atoms with E-state index in [1.54, 1.807) is 7.11 Å². The predicted molar refractivity (Wildman–Crippen MR) is 144 cm³/mol. The summed E-state index contributed by atoms with van der Waals surface area (Å²) < 4.78 is 8.10. The van der Waals surface area contributed by atoms with E-state index in [1.165, 1.54) is 28.0 Å². The highest BCUT2D eigenvalue weighted by Gasteiger charge is 2.32. The highest BCUT2D eigenvalue weighted by Crippen LogP contribution is 2.41. The molecule has 1 N–H and O–H groups in total. The summed E-state index contributed by atoms with van der Waals surface area (Å²) >= 11 is 1.46. The Labute approximate surface area is 211 Å². The van der Waals surface area contributed by atoms with Crippen LogP contribution in [0.15, 0.2) is 94.4 Å². The van der Waals surface area contributed by atoms with Crippen molar-refractivity contribution in [3.8, 4) is 5.75 Å². The van der Waals surface area contributed by atoms with Gasteiger partial charge in [-0.3, -0.25) is 9.36 Å². The van der Waals surface area contributed by atoms with E-state index >= 15 is 0 Å². The number of fused-ring (bicyclic) bond motifs is 4. The molecule has 6 heteroatoms. The number of hydrogen-bond donors (Lipinski definition) is 1. The van der Waals surface area contributed by atoms with Crippen LogP contribution in [-0.4, -0.2) is 16.7 Å². The average molecular weight is 490 g/mol. The molecule has 0 radical (unpaired) electrons. The molecule has 1 aliphatic heterocycles. The van der Waals surface area contributed by atoms with Crippen molar-refractivity contribution in [1.82, 2.24) is 9.55 Å². The quantitative estimate of drug-likeness (QED) is 0.396. The van der Waals surface area contributed by atoms with Crippen molar-refractivity contribution in [2.45, 2.75) is 18.9 Å². The number of H-pyrrole nitrogens is 1. The Balaban J connectivity index is 1.50. The first-order valence-electron chi connectivity index (χ1n) is 12.0. The molecule has 0 unspecified atom stereocenters. The SMILES string of the molecule is COc1cccc([C@H]2C3=C(N=c4sc(=Cc5c[nH]c6ccccc56)c(=O)n42)c2ccccc2CC3)c1. The summed E-state index contributed by atoms with van der Waals surface area (Å²) in [5.41, 5.74) is 7.75. The summed E-state index contributed by atoms with van der Waals surface area (Å²) in [6, 6.07) is 24.5. The Morgan fingerprint density at radius 3 is 2.83 bits per heavy atom. The second kappa shape index (κ2) is 8.21. The number of aryl methyl sites for hydroxylation is 1. The van der Waals surface area contributed by atoms with Gasteiger partial charge in [0.1, 0.15) is 5.75 Å². The number of aromatic amines is 1. The zero-order chi connectivity index (χ0) is 24.2. The number of ether oxygens (including phenoxy) is 1. The lowest BCUT2D eigenvalue weighted by atomic mass is 9.83. The van der Waals surface area contributed by atoms with Crippen LogP contribution in [0.25, 0.3) is 22.7 Å². The summed E-state index contributed by atoms with van der Waals surface area (Å²) in [4.78, 5) is 23.1.